The summed E-state index contributed by atoms with van der Waals surface area (Å²) >= 11 is 0. The van der Waals surface area contributed by atoms with Crippen molar-refractivity contribution in [2.45, 2.75) is 6.92 Å². The molecule has 5 nitrogen and oxygen atoms in total. The Hall–Kier alpha value is -5.05. The number of esters is 1. The van der Waals surface area contributed by atoms with Crippen LogP contribution in [-0.4, -0.2) is 71.2 Å². The maximum Gasteiger partial charge on any atom is 0.385 e. The van der Waals surface area contributed by atoms with Crippen molar-refractivity contribution in [1.29, 1.82) is 0 Å². The van der Waals surface area contributed by atoms with E-state index in [4.69, 9.17) is 14.2 Å². The highest BCUT2D eigenvalue weighted by Crippen LogP contribution is 1.89. The summed E-state index contributed by atoms with van der Waals surface area (Å²) in [6.45, 7) is 4.57. The SMILES string of the molecule is CC#CC#CC#CC#CC#CC#CC#CC#CC#CC#CC(=O)OCCOCCOCC[N+](C)(C)C. The Morgan fingerprint density at radius 1 is 0.528 bits per heavy atom. The smallest absolute Gasteiger partial charge is 0.385 e. The second kappa shape index (κ2) is 23.1. The minimum Gasteiger partial charge on any atom is -0.454 e. The van der Waals surface area contributed by atoms with Gasteiger partial charge in [0.15, 0.2) is 0 Å². The first-order valence-corrected chi connectivity index (χ1v) is 10.5. The number of hydrogen-bond donors (Lipinski definition) is 0. The van der Waals surface area contributed by atoms with Crippen molar-refractivity contribution in [3.05, 3.63) is 0 Å². The topological polar surface area (TPSA) is 44.8 Å². The van der Waals surface area contributed by atoms with Gasteiger partial charge in [-0.3, -0.25) is 0 Å². The Balaban J connectivity index is 4.07. The van der Waals surface area contributed by atoms with Crippen LogP contribution in [0.1, 0.15) is 6.92 Å². The normalized spacial score (nSPS) is 7.33. The average molecular weight is 475 g/mol. The summed E-state index contributed by atoms with van der Waals surface area (Å²) in [6, 6.07) is 0. The molecule has 0 unspecified atom stereocenters. The lowest BCUT2D eigenvalue weighted by Gasteiger charge is -2.23. The van der Waals surface area contributed by atoms with Gasteiger partial charge < -0.3 is 18.7 Å². The minimum absolute atomic E-state index is 0.103. The van der Waals surface area contributed by atoms with E-state index in [1.165, 1.54) is 0 Å². The highest BCUT2D eigenvalue weighted by molar-refractivity contribution is 5.89. The fourth-order valence-electron chi connectivity index (χ4n) is 1.53. The zero-order valence-corrected chi connectivity index (χ0v) is 20.8. The summed E-state index contributed by atoms with van der Waals surface area (Å²) in [4.78, 5) is 11.4. The summed E-state index contributed by atoms with van der Waals surface area (Å²) in [5.41, 5.74) is 0. The first-order valence-electron chi connectivity index (χ1n) is 10.5. The molecule has 0 aliphatic carbocycles. The van der Waals surface area contributed by atoms with Crippen molar-refractivity contribution in [3.63, 3.8) is 0 Å². The third kappa shape index (κ3) is 27.0. The molecule has 0 bridgehead atoms. The number of likely N-dealkylation sites (N-methyl/N-ethyl adjacent to an activating group) is 1. The van der Waals surface area contributed by atoms with Crippen molar-refractivity contribution in [1.82, 2.24) is 0 Å². The molecule has 0 atom stereocenters. The van der Waals surface area contributed by atoms with Crippen molar-refractivity contribution < 1.29 is 23.5 Å². The molecule has 0 saturated heterocycles. The van der Waals surface area contributed by atoms with Gasteiger partial charge >= 0.3 is 5.97 Å². The molecule has 0 heterocycles. The van der Waals surface area contributed by atoms with Crippen LogP contribution in [0, 0.1) is 118 Å². The van der Waals surface area contributed by atoms with Gasteiger partial charge in [0.05, 0.1) is 47.6 Å². The number of nitrogens with zero attached hydrogens (tertiary/aromatic N) is 1. The summed E-state index contributed by atoms with van der Waals surface area (Å²) in [6.07, 6.45) is 0. The van der Waals surface area contributed by atoms with Gasteiger partial charge in [0.1, 0.15) is 13.2 Å². The Labute approximate surface area is 215 Å². The summed E-state index contributed by atoms with van der Waals surface area (Å²) in [7, 11) is 6.30. The van der Waals surface area contributed by atoms with Gasteiger partial charge in [-0.2, -0.15) is 0 Å². The number of rotatable bonds is 9. The van der Waals surface area contributed by atoms with E-state index < -0.39 is 5.97 Å². The minimum atomic E-state index is -0.691. The highest BCUT2D eigenvalue weighted by atomic mass is 16.6. The van der Waals surface area contributed by atoms with Gasteiger partial charge in [0.25, 0.3) is 0 Å². The van der Waals surface area contributed by atoms with E-state index in [1.54, 1.807) is 6.92 Å². The second-order valence-corrected chi connectivity index (χ2v) is 7.00. The van der Waals surface area contributed by atoms with Crippen molar-refractivity contribution in [3.8, 4) is 118 Å². The molecular formula is C31H24NO4+. The van der Waals surface area contributed by atoms with Crippen LogP contribution in [0.15, 0.2) is 0 Å². The highest BCUT2D eigenvalue weighted by Gasteiger charge is 2.05. The average Bonchev–Trinajstić information content (AvgIpc) is 2.83. The lowest BCUT2D eigenvalue weighted by atomic mass is 10.4. The van der Waals surface area contributed by atoms with Gasteiger partial charge in [0.2, 0.25) is 0 Å². The Kier molecular flexibility index (Phi) is 19.9. The monoisotopic (exact) mass is 474 g/mol. The van der Waals surface area contributed by atoms with E-state index >= 15 is 0 Å². The Morgan fingerprint density at radius 2 is 0.889 bits per heavy atom. The van der Waals surface area contributed by atoms with E-state index in [2.05, 4.69) is 140 Å². The van der Waals surface area contributed by atoms with Gasteiger partial charge in [-0.1, -0.05) is 5.92 Å². The van der Waals surface area contributed by atoms with E-state index in [0.717, 1.165) is 11.0 Å². The number of carbonyl (C=O) groups excluding carboxylic acids is 1. The van der Waals surface area contributed by atoms with E-state index in [1.807, 2.05) is 0 Å². The lowest BCUT2D eigenvalue weighted by molar-refractivity contribution is -0.870. The number of quaternary nitrogens is 1. The fraction of sp³-hybridized carbons (Fsp3) is 0.323. The summed E-state index contributed by atoms with van der Waals surface area (Å²) in [5.74, 6) is 48.9. The Bertz CT molecular complexity index is 1380. The van der Waals surface area contributed by atoms with Crippen LogP contribution >= 0.6 is 0 Å². The molecule has 0 saturated carbocycles. The number of hydrogen-bond acceptors (Lipinski definition) is 4. The lowest BCUT2D eigenvalue weighted by Crippen LogP contribution is -2.37. The third-order valence-corrected chi connectivity index (χ3v) is 3.09. The van der Waals surface area contributed by atoms with Crippen LogP contribution in [0.4, 0.5) is 0 Å². The molecule has 0 amide bonds. The first-order chi connectivity index (χ1) is 17.5. The van der Waals surface area contributed by atoms with Crippen molar-refractivity contribution >= 4 is 5.97 Å². The fourth-order valence-corrected chi connectivity index (χ4v) is 1.53. The molecule has 0 spiro atoms. The first kappa shape index (κ1) is 30.9. The molecule has 0 aromatic carbocycles. The molecule has 0 aromatic rings. The molecule has 176 valence electrons. The van der Waals surface area contributed by atoms with Crippen molar-refractivity contribution in [2.75, 3.05) is 60.7 Å². The standard InChI is InChI=1S/C31H24NO4/c1-5-6-7-8-9-10-11-12-13-14-15-16-17-18-19-20-21-22-23-24-31(33)36-30-29-35-28-27-34-26-25-32(2,3)4/h25-30H2,1-4H3/q+1. The number of carbonyl (C=O) groups is 1. The zero-order valence-electron chi connectivity index (χ0n) is 20.8. The predicted molar refractivity (Wildman–Crippen MR) is 139 cm³/mol. The van der Waals surface area contributed by atoms with E-state index in [-0.39, 0.29) is 13.2 Å². The zero-order chi connectivity index (χ0) is 26.6. The van der Waals surface area contributed by atoms with Crippen LogP contribution in [0.5, 0.6) is 0 Å². The quantitative estimate of drug-likeness (QED) is 0.159. The molecule has 0 rings (SSSR count). The van der Waals surface area contributed by atoms with Crippen LogP contribution in [0.25, 0.3) is 0 Å². The summed E-state index contributed by atoms with van der Waals surface area (Å²) in [5, 5.41) is 0. The van der Waals surface area contributed by atoms with Crippen molar-refractivity contribution in [2.24, 2.45) is 0 Å². The van der Waals surface area contributed by atoms with Crippen LogP contribution < -0.4 is 0 Å². The van der Waals surface area contributed by atoms with Gasteiger partial charge in [-0.25, -0.2) is 4.79 Å². The molecule has 0 radical (unpaired) electrons. The molecule has 0 N–H and O–H groups in total. The van der Waals surface area contributed by atoms with Gasteiger partial charge in [-0.15, -0.1) is 0 Å². The van der Waals surface area contributed by atoms with Crippen LogP contribution in [0.2, 0.25) is 0 Å². The van der Waals surface area contributed by atoms with Crippen LogP contribution in [-0.2, 0) is 19.0 Å². The van der Waals surface area contributed by atoms with E-state index in [0.29, 0.717) is 19.8 Å². The molecule has 0 aromatic heterocycles. The van der Waals surface area contributed by atoms with Crippen LogP contribution in [0.3, 0.4) is 0 Å². The maximum absolute atomic E-state index is 11.4. The molecule has 5 heteroatoms. The third-order valence-electron chi connectivity index (χ3n) is 3.09. The van der Waals surface area contributed by atoms with Gasteiger partial charge in [-0.05, 0) is 102 Å². The number of ether oxygens (including phenoxy) is 3. The molecule has 0 aliphatic rings. The summed E-state index contributed by atoms with van der Waals surface area (Å²) < 4.78 is 16.5. The maximum atomic E-state index is 11.4. The largest absolute Gasteiger partial charge is 0.454 e. The molecule has 36 heavy (non-hydrogen) atoms. The molecular weight excluding hydrogens is 450 g/mol. The second-order valence-electron chi connectivity index (χ2n) is 7.00. The molecule has 0 fully saturated rings. The molecule has 0 aliphatic heterocycles. The van der Waals surface area contributed by atoms with Gasteiger partial charge in [0, 0.05) is 17.8 Å². The van der Waals surface area contributed by atoms with E-state index in [9.17, 15) is 4.79 Å². The predicted octanol–water partition coefficient (Wildman–Crippen LogP) is 0.323. The Morgan fingerprint density at radius 3 is 1.31 bits per heavy atom.